The fourth-order valence-electron chi connectivity index (χ4n) is 3.71. The van der Waals surface area contributed by atoms with Gasteiger partial charge >= 0.3 is 64.1 Å². The van der Waals surface area contributed by atoms with E-state index in [1.807, 2.05) is 12.2 Å². The molecule has 0 amide bonds. The van der Waals surface area contributed by atoms with Crippen LogP contribution in [0.2, 0.25) is 0 Å². The van der Waals surface area contributed by atoms with Crippen LogP contribution in [0.3, 0.4) is 0 Å². The molecule has 0 aliphatic heterocycles. The second kappa shape index (κ2) is 28.7. The summed E-state index contributed by atoms with van der Waals surface area (Å²) in [6.45, 7) is 8.94. The van der Waals surface area contributed by atoms with Crippen molar-refractivity contribution in [2.24, 2.45) is 0 Å². The summed E-state index contributed by atoms with van der Waals surface area (Å²) in [6.07, 6.45) is 17.0. The van der Waals surface area contributed by atoms with Gasteiger partial charge in [-0.3, -0.25) is 6.08 Å². The molecule has 0 spiro atoms. The molecule has 5 rings (SSSR count). The van der Waals surface area contributed by atoms with Crippen molar-refractivity contribution in [2.75, 3.05) is 0 Å². The number of hydrogen-bond donors (Lipinski definition) is 0. The number of fused-ring (bicyclic) bond motifs is 1. The Morgan fingerprint density at radius 1 is 0.789 bits per heavy atom. The van der Waals surface area contributed by atoms with E-state index in [-0.39, 0.29) is 80.7 Å². The third kappa shape index (κ3) is 16.5. The largest absolute Gasteiger partial charge is 3.00 e. The van der Waals surface area contributed by atoms with Gasteiger partial charge in [0.25, 0.3) is 0 Å². The molecule has 0 N–H and O–H groups in total. The first-order valence-corrected chi connectivity index (χ1v) is 16.8. The second-order valence-corrected chi connectivity index (χ2v) is 11.4. The van der Waals surface area contributed by atoms with Gasteiger partial charge in [0.05, 0.1) is 0 Å². The van der Waals surface area contributed by atoms with Crippen molar-refractivity contribution in [3.05, 3.63) is 142 Å². The van der Waals surface area contributed by atoms with Gasteiger partial charge in [-0.15, -0.1) is 36.1 Å². The van der Waals surface area contributed by atoms with E-state index < -0.39 is 20.8 Å². The summed E-state index contributed by atoms with van der Waals surface area (Å²) >= 11 is -0.826. The molecule has 0 heterocycles. The summed E-state index contributed by atoms with van der Waals surface area (Å²) in [5.74, 6) is 0. The van der Waals surface area contributed by atoms with Gasteiger partial charge in [0.1, 0.15) is 0 Å². The smallest absolute Gasteiger partial charge is 0.168 e. The van der Waals surface area contributed by atoms with Gasteiger partial charge < -0.3 is 54.5 Å². The number of hydrogen-bond acceptors (Lipinski definition) is 0. The van der Waals surface area contributed by atoms with Gasteiger partial charge in [-0.2, -0.15) is 23.6 Å². The molecule has 0 fully saturated rings. The third-order valence-electron chi connectivity index (χ3n) is 5.81. The van der Waals surface area contributed by atoms with Crippen LogP contribution in [0.15, 0.2) is 106 Å². The van der Waals surface area contributed by atoms with Crippen molar-refractivity contribution in [1.82, 2.24) is 0 Å². The van der Waals surface area contributed by atoms with Gasteiger partial charge in [-0.05, 0) is 62.8 Å². The van der Waals surface area contributed by atoms with Crippen LogP contribution in [0.1, 0.15) is 47.0 Å². The van der Waals surface area contributed by atoms with Crippen LogP contribution in [0, 0.1) is 35.8 Å². The number of rotatable bonds is 1. The Kier molecular flexibility index (Phi) is 38.5. The molecule has 0 aromatic heterocycles. The van der Waals surface area contributed by atoms with Gasteiger partial charge in [-0.1, -0.05) is 29.4 Å². The first kappa shape index (κ1) is 51.0. The van der Waals surface area contributed by atoms with Crippen LogP contribution in [-0.2, 0) is 47.1 Å². The average Bonchev–Trinajstić information content (AvgIpc) is 3.57. The monoisotopic (exact) mass is 746 g/mol. The molecule has 0 nitrogen and oxygen atoms in total. The van der Waals surface area contributed by atoms with Crippen LogP contribution >= 0.6 is 17.0 Å². The van der Waals surface area contributed by atoms with Gasteiger partial charge in [-0.25, -0.2) is 12.2 Å². The predicted molar refractivity (Wildman–Crippen MR) is 161 cm³/mol. The average molecular weight is 751 g/mol. The Hall–Kier alpha value is 0.196. The minimum Gasteiger partial charge on any atom is -0.168 e. The predicted octanol–water partition coefficient (Wildman–Crippen LogP) is 5.37. The summed E-state index contributed by atoms with van der Waals surface area (Å²) in [6, 6.07) is 14.7. The Bertz CT molecular complexity index is 974. The standard InChI is InChI=1S/C14H18.C9H7.C5H5.4CH3.4ClH.2Zr/c1-9-5-7-13(11(9)3)14-8-6-10(2)12(14)4;1-2-5-9-7-3-6-8(9)4-1;1-2-4-5-3-1;;;;;;;;;;/h5-6H,7-8H2,1-4H3;1-7H;1-3H,4H2;4*1H3;4*1H;;/q;6*-1;;;;;+2;+3/p-4. The van der Waals surface area contributed by atoms with Gasteiger partial charge in [0.2, 0.25) is 0 Å². The van der Waals surface area contributed by atoms with Gasteiger partial charge in [0.15, 0.2) is 0 Å². The fraction of sp³-hybridized carbons (Fsp3) is 0.219. The molecule has 6 heteroatoms. The quantitative estimate of drug-likeness (QED) is 0.345. The molecule has 0 unspecified atom stereocenters. The summed E-state index contributed by atoms with van der Waals surface area (Å²) in [4.78, 5) is 0. The SMILES string of the molecule is CC1=CCC(C2=C(C)C(C)=CC2)=C1C.[C-]1=CC=CC1.[CH3-].[CH3-].[CH3-].[CH3-].[Cl-].[Cl-].[Cl][Zr][Cl].[Zr+3].c1ccc2[cH-]ccc2c1. The van der Waals surface area contributed by atoms with E-state index in [9.17, 15) is 0 Å². The van der Waals surface area contributed by atoms with Crippen molar-refractivity contribution < 1.29 is 71.9 Å². The molecular weight excluding hydrogens is 709 g/mol. The Morgan fingerprint density at radius 3 is 1.58 bits per heavy atom. The molecular formula is C32H42Cl4Zr2-5. The molecule has 3 aliphatic rings. The zero-order valence-corrected chi connectivity index (χ0v) is 32.0. The van der Waals surface area contributed by atoms with E-state index in [1.54, 1.807) is 11.1 Å². The molecule has 0 atom stereocenters. The number of allylic oxidation sites excluding steroid dienone is 12. The minimum atomic E-state index is -0.826. The summed E-state index contributed by atoms with van der Waals surface area (Å²) < 4.78 is 0. The van der Waals surface area contributed by atoms with Gasteiger partial charge in [0, 0.05) is 0 Å². The maximum atomic E-state index is 4.93. The van der Waals surface area contributed by atoms with Crippen LogP contribution in [0.5, 0.6) is 0 Å². The minimum absolute atomic E-state index is 0. The number of benzene rings is 1. The maximum absolute atomic E-state index is 4.93. The van der Waals surface area contributed by atoms with E-state index in [4.69, 9.17) is 17.0 Å². The summed E-state index contributed by atoms with van der Waals surface area (Å²) in [5, 5.41) is 2.66. The van der Waals surface area contributed by atoms with E-state index >= 15 is 0 Å². The zero-order chi connectivity index (χ0) is 22.6. The van der Waals surface area contributed by atoms with E-state index in [2.05, 4.69) is 94.5 Å². The Balaban J connectivity index is -0.0000000943. The molecule has 211 valence electrons. The molecule has 2 aromatic carbocycles. The van der Waals surface area contributed by atoms with Crippen molar-refractivity contribution in [3.8, 4) is 0 Å². The molecule has 2 aromatic rings. The van der Waals surface area contributed by atoms with Crippen LogP contribution in [0.25, 0.3) is 10.8 Å². The third-order valence-corrected chi connectivity index (χ3v) is 5.81. The molecule has 0 saturated carbocycles. The molecule has 38 heavy (non-hydrogen) atoms. The fourth-order valence-corrected chi connectivity index (χ4v) is 3.71. The molecule has 0 bridgehead atoms. The zero-order valence-electron chi connectivity index (χ0n) is 24.1. The normalized spacial score (nSPS) is 13.2. The number of halogens is 4. The first-order valence-electron chi connectivity index (χ1n) is 10.5. The van der Waals surface area contributed by atoms with Crippen molar-refractivity contribution >= 4 is 27.8 Å². The topological polar surface area (TPSA) is 0 Å². The van der Waals surface area contributed by atoms with Crippen LogP contribution in [0.4, 0.5) is 0 Å². The molecule has 3 aliphatic carbocycles. The van der Waals surface area contributed by atoms with Crippen molar-refractivity contribution in [3.63, 3.8) is 0 Å². The second-order valence-electron chi connectivity index (χ2n) is 7.62. The van der Waals surface area contributed by atoms with Crippen LogP contribution < -0.4 is 24.8 Å². The molecule has 0 saturated heterocycles. The van der Waals surface area contributed by atoms with Crippen LogP contribution in [-0.4, -0.2) is 0 Å². The van der Waals surface area contributed by atoms with E-state index in [0.29, 0.717) is 0 Å². The summed E-state index contributed by atoms with van der Waals surface area (Å²) in [5.41, 5.74) is 9.08. The maximum Gasteiger partial charge on any atom is 3.00 e. The van der Waals surface area contributed by atoms with E-state index in [0.717, 1.165) is 19.3 Å². The summed E-state index contributed by atoms with van der Waals surface area (Å²) in [7, 11) is 9.87. The van der Waals surface area contributed by atoms with E-state index in [1.165, 1.54) is 33.1 Å². The first-order chi connectivity index (χ1) is 15.0. The molecule has 1 radical (unpaired) electrons. The Morgan fingerprint density at radius 2 is 1.26 bits per heavy atom. The van der Waals surface area contributed by atoms with Crippen molar-refractivity contribution in [2.45, 2.75) is 47.0 Å². The van der Waals surface area contributed by atoms with Crippen molar-refractivity contribution in [1.29, 1.82) is 0 Å². The Labute approximate surface area is 285 Å².